The number of hydrogen-bond acceptors (Lipinski definition) is 3. The highest BCUT2D eigenvalue weighted by atomic mass is 16.2. The van der Waals surface area contributed by atoms with E-state index in [-0.39, 0.29) is 22.8 Å². The molecule has 1 aromatic heterocycles. The lowest BCUT2D eigenvalue weighted by molar-refractivity contribution is -0.0261. The number of nitrogens with one attached hydrogen (secondary N) is 1. The predicted molar refractivity (Wildman–Crippen MR) is 123 cm³/mol. The monoisotopic (exact) mass is 412 g/mol. The third-order valence-electron chi connectivity index (χ3n) is 8.45. The molecule has 2 aromatic carbocycles. The number of H-pyrrole nitrogens is 1. The smallest absolute Gasteiger partial charge is 0.254 e. The van der Waals surface area contributed by atoms with E-state index in [1.54, 1.807) is 0 Å². The lowest BCUT2D eigenvalue weighted by Crippen LogP contribution is -2.64. The second-order valence-corrected chi connectivity index (χ2v) is 10.2. The van der Waals surface area contributed by atoms with E-state index in [0.717, 1.165) is 59.5 Å². The second-order valence-electron chi connectivity index (χ2n) is 10.2. The summed E-state index contributed by atoms with van der Waals surface area (Å²) in [5.41, 5.74) is 7.81. The van der Waals surface area contributed by atoms with Gasteiger partial charge in [-0.1, -0.05) is 20.8 Å². The first kappa shape index (κ1) is 18.8. The van der Waals surface area contributed by atoms with E-state index in [0.29, 0.717) is 0 Å². The molecule has 31 heavy (non-hydrogen) atoms. The maximum absolute atomic E-state index is 13.7. The summed E-state index contributed by atoms with van der Waals surface area (Å²) < 4.78 is 0. The Hall–Kier alpha value is -2.95. The highest BCUT2D eigenvalue weighted by Gasteiger charge is 2.57. The van der Waals surface area contributed by atoms with Crippen LogP contribution in [0.2, 0.25) is 0 Å². The number of nitrogens with zero attached hydrogens (tertiary/aromatic N) is 3. The molecule has 1 saturated heterocycles. The SMILES string of the molecule is Cc1nc2cc3c(cc2[nH]1)C[C@H]1N(C(=O)c2ccc4c(c2)CC=N4)CC[C@]3(C)C1(C)C. The van der Waals surface area contributed by atoms with Crippen LogP contribution in [0.15, 0.2) is 35.3 Å². The van der Waals surface area contributed by atoms with Crippen molar-refractivity contribution in [2.75, 3.05) is 6.54 Å². The minimum Gasteiger partial charge on any atom is -0.342 e. The van der Waals surface area contributed by atoms with Crippen molar-refractivity contribution in [1.82, 2.24) is 14.9 Å². The molecule has 0 radical (unpaired) electrons. The van der Waals surface area contributed by atoms with Gasteiger partial charge in [-0.2, -0.15) is 0 Å². The van der Waals surface area contributed by atoms with Gasteiger partial charge >= 0.3 is 0 Å². The summed E-state index contributed by atoms with van der Waals surface area (Å²) >= 11 is 0. The van der Waals surface area contributed by atoms with Crippen LogP contribution in [0.4, 0.5) is 5.69 Å². The fraction of sp³-hybridized carbons (Fsp3) is 0.423. The first-order valence-electron chi connectivity index (χ1n) is 11.2. The number of amides is 1. The average Bonchev–Trinajstić information content (AvgIpc) is 3.33. The minimum atomic E-state index is -0.0349. The van der Waals surface area contributed by atoms with Crippen molar-refractivity contribution in [3.63, 3.8) is 0 Å². The molecule has 2 aliphatic heterocycles. The van der Waals surface area contributed by atoms with Crippen molar-refractivity contribution in [1.29, 1.82) is 0 Å². The summed E-state index contributed by atoms with van der Waals surface area (Å²) in [6.07, 6.45) is 4.57. The molecule has 5 nitrogen and oxygen atoms in total. The molecule has 1 aliphatic carbocycles. The van der Waals surface area contributed by atoms with E-state index in [4.69, 9.17) is 0 Å². The van der Waals surface area contributed by atoms with Crippen LogP contribution >= 0.6 is 0 Å². The Morgan fingerprint density at radius 1 is 1.16 bits per heavy atom. The summed E-state index contributed by atoms with van der Waals surface area (Å²) in [6.45, 7) is 9.87. The van der Waals surface area contributed by atoms with E-state index in [2.05, 4.69) is 52.8 Å². The van der Waals surface area contributed by atoms with Gasteiger partial charge in [-0.15, -0.1) is 0 Å². The molecule has 6 rings (SSSR count). The Balaban J connectivity index is 1.43. The summed E-state index contributed by atoms with van der Waals surface area (Å²) in [5, 5.41) is 0. The number of benzene rings is 2. The topological polar surface area (TPSA) is 61.4 Å². The Bertz CT molecular complexity index is 1280. The van der Waals surface area contributed by atoms with Gasteiger partial charge in [0.1, 0.15) is 5.82 Å². The van der Waals surface area contributed by atoms with Crippen LogP contribution in [0, 0.1) is 12.3 Å². The minimum absolute atomic E-state index is 0.00878. The molecule has 0 spiro atoms. The van der Waals surface area contributed by atoms with E-state index in [9.17, 15) is 4.79 Å². The number of aliphatic imine (C=N–C) groups is 1. The highest BCUT2D eigenvalue weighted by molar-refractivity contribution is 5.96. The zero-order valence-corrected chi connectivity index (χ0v) is 18.6. The summed E-state index contributed by atoms with van der Waals surface area (Å²) in [5.74, 6) is 1.10. The van der Waals surface area contributed by atoms with Gasteiger partial charge in [-0.25, -0.2) is 4.98 Å². The summed E-state index contributed by atoms with van der Waals surface area (Å²) in [7, 11) is 0. The Morgan fingerprint density at radius 2 is 2.00 bits per heavy atom. The molecule has 1 amide bonds. The predicted octanol–water partition coefficient (Wildman–Crippen LogP) is 4.88. The molecule has 1 fully saturated rings. The van der Waals surface area contributed by atoms with Crippen LogP contribution in [0.25, 0.3) is 11.0 Å². The van der Waals surface area contributed by atoms with E-state index >= 15 is 0 Å². The van der Waals surface area contributed by atoms with Crippen LogP contribution in [0.3, 0.4) is 0 Å². The van der Waals surface area contributed by atoms with Gasteiger partial charge in [-0.3, -0.25) is 9.79 Å². The average molecular weight is 413 g/mol. The Morgan fingerprint density at radius 3 is 2.84 bits per heavy atom. The van der Waals surface area contributed by atoms with Crippen molar-refractivity contribution < 1.29 is 4.79 Å². The molecule has 158 valence electrons. The third kappa shape index (κ3) is 2.46. The van der Waals surface area contributed by atoms with Gasteiger partial charge in [0.2, 0.25) is 0 Å². The number of likely N-dealkylation sites (tertiary alicyclic amines) is 1. The van der Waals surface area contributed by atoms with Crippen LogP contribution in [-0.2, 0) is 18.3 Å². The van der Waals surface area contributed by atoms with Crippen molar-refractivity contribution in [3.8, 4) is 0 Å². The number of hydrogen-bond donors (Lipinski definition) is 1. The molecule has 3 heterocycles. The lowest BCUT2D eigenvalue weighted by atomic mass is 9.51. The number of carbonyl (C=O) groups excluding carboxylic acids is 1. The standard InChI is InChI=1S/C26H28N4O/c1-15-28-21-12-18-13-23-25(2,3)26(4,19(18)14-22(21)29-15)8-10-30(23)24(31)17-5-6-20-16(11-17)7-9-27-20/h5-6,9,11-12,14,23H,7-8,10,13H2,1-4H3,(H,28,29)/t23-,26+/m1/s1. The largest absolute Gasteiger partial charge is 0.342 e. The number of aromatic amines is 1. The number of carbonyl (C=O) groups is 1. The van der Waals surface area contributed by atoms with Gasteiger partial charge in [0.15, 0.2) is 0 Å². The highest BCUT2D eigenvalue weighted by Crippen LogP contribution is 2.56. The molecular formula is C26H28N4O. The molecule has 2 atom stereocenters. The van der Waals surface area contributed by atoms with Crippen molar-refractivity contribution in [2.24, 2.45) is 10.4 Å². The van der Waals surface area contributed by atoms with Gasteiger partial charge in [-0.05, 0) is 72.2 Å². The van der Waals surface area contributed by atoms with E-state index in [1.807, 2.05) is 31.3 Å². The zero-order valence-electron chi connectivity index (χ0n) is 18.6. The van der Waals surface area contributed by atoms with Crippen LogP contribution in [0.5, 0.6) is 0 Å². The molecule has 5 heteroatoms. The molecular weight excluding hydrogens is 384 g/mol. The normalized spacial score (nSPS) is 25.5. The molecule has 0 unspecified atom stereocenters. The third-order valence-corrected chi connectivity index (χ3v) is 8.45. The fourth-order valence-corrected chi connectivity index (χ4v) is 6.21. The number of aromatic nitrogens is 2. The second kappa shape index (κ2) is 6.06. The molecule has 0 saturated carbocycles. The van der Waals surface area contributed by atoms with Gasteiger partial charge in [0.25, 0.3) is 5.91 Å². The number of imidazole rings is 1. The number of aryl methyl sites for hydroxylation is 1. The molecule has 1 N–H and O–H groups in total. The lowest BCUT2D eigenvalue weighted by Gasteiger charge is -2.60. The van der Waals surface area contributed by atoms with Gasteiger partial charge < -0.3 is 9.88 Å². The summed E-state index contributed by atoms with van der Waals surface area (Å²) in [4.78, 5) is 28.3. The maximum atomic E-state index is 13.7. The first-order valence-corrected chi connectivity index (χ1v) is 11.2. The summed E-state index contributed by atoms with van der Waals surface area (Å²) in [6, 6.07) is 10.7. The fourth-order valence-electron chi connectivity index (χ4n) is 6.21. The Labute approximate surface area is 182 Å². The van der Waals surface area contributed by atoms with Crippen LogP contribution in [0.1, 0.15) is 60.1 Å². The number of rotatable bonds is 1. The van der Waals surface area contributed by atoms with Crippen molar-refractivity contribution >= 4 is 28.8 Å². The number of fused-ring (bicyclic) bond motifs is 6. The molecule has 2 bridgehead atoms. The molecule has 3 aliphatic rings. The Kier molecular flexibility index (Phi) is 3.67. The molecule has 3 aromatic rings. The van der Waals surface area contributed by atoms with Gasteiger partial charge in [0.05, 0.1) is 16.7 Å². The van der Waals surface area contributed by atoms with Crippen LogP contribution in [-0.4, -0.2) is 39.6 Å². The van der Waals surface area contributed by atoms with Crippen LogP contribution < -0.4 is 0 Å². The quantitative estimate of drug-likeness (QED) is 0.619. The number of piperidine rings is 1. The first-order chi connectivity index (χ1) is 14.8. The van der Waals surface area contributed by atoms with E-state index < -0.39 is 0 Å². The zero-order chi connectivity index (χ0) is 21.5. The van der Waals surface area contributed by atoms with Crippen molar-refractivity contribution in [3.05, 3.63) is 58.4 Å². The van der Waals surface area contributed by atoms with Crippen molar-refractivity contribution in [2.45, 2.75) is 58.4 Å². The van der Waals surface area contributed by atoms with E-state index in [1.165, 1.54) is 11.1 Å². The van der Waals surface area contributed by atoms with Gasteiger partial charge in [0, 0.05) is 36.2 Å². The maximum Gasteiger partial charge on any atom is 0.254 e.